The molecule has 1 aromatic rings. The predicted octanol–water partition coefficient (Wildman–Crippen LogP) is 36.2. The molecule has 1 radical (unpaired) electrons. The van der Waals surface area contributed by atoms with Crippen LogP contribution in [0.2, 0.25) is 0 Å². The summed E-state index contributed by atoms with van der Waals surface area (Å²) in [7, 11) is 0. The monoisotopic (exact) mass is 1390 g/mol. The van der Waals surface area contributed by atoms with Crippen molar-refractivity contribution in [3.63, 3.8) is 0 Å². The van der Waals surface area contributed by atoms with E-state index in [1.807, 2.05) is 0 Å². The van der Waals surface area contributed by atoms with Crippen molar-refractivity contribution in [3.05, 3.63) is 24.6 Å². The molecule has 0 N–H and O–H groups in total. The van der Waals surface area contributed by atoms with Crippen LogP contribution in [0, 0.1) is 6.92 Å². The second-order valence-corrected chi connectivity index (χ2v) is 35.0. The van der Waals surface area contributed by atoms with E-state index < -0.39 is 0 Å². The van der Waals surface area contributed by atoms with Crippen LogP contribution < -0.4 is 0 Å². The molecular formula is C93H179S3. The highest BCUT2D eigenvalue weighted by atomic mass is 32.2. The summed E-state index contributed by atoms with van der Waals surface area (Å²) in [6.07, 6.45) is 116. The Morgan fingerprint density at radius 1 is 0.188 bits per heavy atom. The van der Waals surface area contributed by atoms with E-state index in [4.69, 9.17) is 0 Å². The summed E-state index contributed by atoms with van der Waals surface area (Å²) in [6.45, 7) is 11.3. The van der Waals surface area contributed by atoms with Gasteiger partial charge in [0.2, 0.25) is 0 Å². The van der Waals surface area contributed by atoms with Crippen molar-refractivity contribution in [3.8, 4) is 0 Å². The van der Waals surface area contributed by atoms with Crippen LogP contribution in [0.25, 0.3) is 0 Å². The van der Waals surface area contributed by atoms with Gasteiger partial charge in [-0.05, 0) is 67.1 Å². The van der Waals surface area contributed by atoms with Gasteiger partial charge in [0, 0.05) is 14.7 Å². The van der Waals surface area contributed by atoms with E-state index >= 15 is 0 Å². The molecular weight excluding hydrogens is 1210 g/mol. The van der Waals surface area contributed by atoms with Gasteiger partial charge < -0.3 is 0 Å². The van der Waals surface area contributed by atoms with Gasteiger partial charge in [-0.25, -0.2) is 0 Å². The zero-order valence-corrected chi connectivity index (χ0v) is 69.2. The van der Waals surface area contributed by atoms with E-state index in [0.29, 0.717) is 0 Å². The highest BCUT2D eigenvalue weighted by Crippen LogP contribution is 2.42. The van der Waals surface area contributed by atoms with Gasteiger partial charge in [-0.1, -0.05) is 509 Å². The third-order valence-electron chi connectivity index (χ3n) is 21.8. The molecule has 569 valence electrons. The van der Waals surface area contributed by atoms with Crippen LogP contribution in [0.15, 0.2) is 26.8 Å². The lowest BCUT2D eigenvalue weighted by atomic mass is 10.0. The Balaban J connectivity index is 2.33. The van der Waals surface area contributed by atoms with Crippen molar-refractivity contribution >= 4 is 35.3 Å². The Morgan fingerprint density at radius 2 is 0.323 bits per heavy atom. The van der Waals surface area contributed by atoms with Crippen LogP contribution in [-0.2, 0) is 6.42 Å². The van der Waals surface area contributed by atoms with Crippen molar-refractivity contribution in [1.82, 2.24) is 0 Å². The van der Waals surface area contributed by atoms with Crippen molar-refractivity contribution in [2.45, 2.75) is 549 Å². The number of thioether (sulfide) groups is 3. The Morgan fingerprint density at radius 3 is 0.469 bits per heavy atom. The highest BCUT2D eigenvalue weighted by Gasteiger charge is 2.14. The van der Waals surface area contributed by atoms with Crippen LogP contribution in [0.4, 0.5) is 0 Å². The fourth-order valence-electron chi connectivity index (χ4n) is 15.1. The van der Waals surface area contributed by atoms with Crippen LogP contribution in [0.3, 0.4) is 0 Å². The second-order valence-electron chi connectivity index (χ2n) is 31.6. The molecule has 0 fully saturated rings. The van der Waals surface area contributed by atoms with Gasteiger partial charge in [0.05, 0.1) is 0 Å². The molecule has 0 saturated carbocycles. The largest absolute Gasteiger partial charge is 0.125 e. The van der Waals surface area contributed by atoms with Crippen LogP contribution in [0.1, 0.15) is 534 Å². The fourth-order valence-corrected chi connectivity index (χ4v) is 18.9. The number of hydrogen-bond acceptors (Lipinski definition) is 3. The Hall–Kier alpha value is 0.270. The topological polar surface area (TPSA) is 0 Å². The van der Waals surface area contributed by atoms with E-state index in [9.17, 15) is 0 Å². The molecule has 96 heavy (non-hydrogen) atoms. The molecule has 1 aromatic carbocycles. The van der Waals surface area contributed by atoms with Crippen molar-refractivity contribution in [2.24, 2.45) is 0 Å². The first-order valence-corrected chi connectivity index (χ1v) is 48.6. The summed E-state index contributed by atoms with van der Waals surface area (Å²) in [4.78, 5) is 4.85. The van der Waals surface area contributed by atoms with E-state index in [1.54, 1.807) is 14.7 Å². The SMILES string of the molecule is [CH2]CCc1cc(SCCCCCCCCCCCCCCCCCCCCCCCCCCCC)c(SCCCCCCCCCCCCCCCCCCCCCCCCCCCC)c(SCCCCCCCCCCCCCCCCCCCCCCCCCCCC)c1. The van der Waals surface area contributed by atoms with Crippen LogP contribution in [0.5, 0.6) is 0 Å². The summed E-state index contributed by atoms with van der Waals surface area (Å²) in [5.41, 5.74) is 1.54. The minimum Gasteiger partial charge on any atom is -0.125 e. The van der Waals surface area contributed by atoms with E-state index in [2.05, 4.69) is 75.1 Å². The standard InChI is InChI=1S/C93H179S3/c1-5-9-12-15-18-21-24-27-30-33-36-39-42-45-48-51-54-57-60-63-66-69-72-75-78-81-85-94-91-88-90(84-8-4)89-92(95-86-82-79-76-73-70-67-64-61-58-55-52-49-46-43-40-37-34-31-28-25-22-19-16-13-10-6-2)93(91)96-87-83-80-77-74-71-68-65-62-59-56-53-50-47-44-41-38-35-32-29-26-23-20-17-14-11-7-3/h88-89H,4-87H2,1-3H3. The number of unbranched alkanes of at least 4 members (excludes halogenated alkanes) is 75. The molecule has 0 heterocycles. The Labute approximate surface area is 622 Å². The zero-order chi connectivity index (χ0) is 68.5. The quantitative estimate of drug-likeness (QED) is 0.0471. The zero-order valence-electron chi connectivity index (χ0n) is 66.8. The average molecular weight is 1390 g/mol. The Kier molecular flexibility index (Phi) is 82.7. The molecule has 0 spiro atoms. The van der Waals surface area contributed by atoms with Gasteiger partial charge in [0.15, 0.2) is 0 Å². The maximum Gasteiger partial charge on any atom is 0.0344 e. The van der Waals surface area contributed by atoms with Crippen LogP contribution in [-0.4, -0.2) is 17.3 Å². The predicted molar refractivity (Wildman–Crippen MR) is 449 cm³/mol. The summed E-state index contributed by atoms with van der Waals surface area (Å²) in [6, 6.07) is 5.21. The Bertz CT molecular complexity index is 1470. The molecule has 0 aliphatic rings. The van der Waals surface area contributed by atoms with E-state index in [1.165, 1.54) is 524 Å². The van der Waals surface area contributed by atoms with E-state index in [0.717, 1.165) is 12.8 Å². The summed E-state index contributed by atoms with van der Waals surface area (Å²) < 4.78 is 0. The first-order chi connectivity index (χ1) is 47.8. The van der Waals surface area contributed by atoms with Gasteiger partial charge in [-0.2, -0.15) is 0 Å². The lowest BCUT2D eigenvalue weighted by Crippen LogP contribution is -1.94. The third kappa shape index (κ3) is 72.6. The van der Waals surface area contributed by atoms with Crippen molar-refractivity contribution in [1.29, 1.82) is 0 Å². The molecule has 3 heteroatoms. The van der Waals surface area contributed by atoms with Gasteiger partial charge >= 0.3 is 0 Å². The number of benzene rings is 1. The number of rotatable bonds is 86. The molecule has 0 amide bonds. The average Bonchev–Trinajstić information content (AvgIpc) is 0.929. The summed E-state index contributed by atoms with van der Waals surface area (Å²) in [5.74, 6) is 3.85. The molecule has 0 nitrogen and oxygen atoms in total. The lowest BCUT2D eigenvalue weighted by Gasteiger charge is -2.17. The fraction of sp³-hybridized carbons (Fsp3) is 0.925. The van der Waals surface area contributed by atoms with Gasteiger partial charge in [-0.15, -0.1) is 35.3 Å². The normalized spacial score (nSPS) is 11.8. The molecule has 0 aliphatic carbocycles. The smallest absolute Gasteiger partial charge is 0.0344 e. The minimum atomic E-state index is 0.999. The molecule has 0 aromatic heterocycles. The molecule has 1 rings (SSSR count). The van der Waals surface area contributed by atoms with Crippen LogP contribution >= 0.6 is 35.3 Å². The minimum absolute atomic E-state index is 0.999. The van der Waals surface area contributed by atoms with Gasteiger partial charge in [-0.3, -0.25) is 0 Å². The first kappa shape index (κ1) is 94.3. The van der Waals surface area contributed by atoms with Crippen molar-refractivity contribution < 1.29 is 0 Å². The highest BCUT2D eigenvalue weighted by molar-refractivity contribution is 8.03. The van der Waals surface area contributed by atoms with Gasteiger partial charge in [0.1, 0.15) is 0 Å². The first-order valence-electron chi connectivity index (χ1n) is 45.6. The maximum atomic E-state index is 4.32. The molecule has 0 aliphatic heterocycles. The van der Waals surface area contributed by atoms with Gasteiger partial charge in [0.25, 0.3) is 0 Å². The second kappa shape index (κ2) is 84.2. The van der Waals surface area contributed by atoms with E-state index in [-0.39, 0.29) is 0 Å². The maximum absolute atomic E-state index is 4.32. The summed E-state index contributed by atoms with van der Waals surface area (Å²) in [5, 5.41) is 0. The lowest BCUT2D eigenvalue weighted by molar-refractivity contribution is 0.516. The number of aryl methyl sites for hydroxylation is 1. The molecule has 0 saturated heterocycles. The molecule has 0 bridgehead atoms. The third-order valence-corrected chi connectivity index (χ3v) is 25.5. The van der Waals surface area contributed by atoms with Crippen molar-refractivity contribution in [2.75, 3.05) is 17.3 Å². The summed E-state index contributed by atoms with van der Waals surface area (Å²) >= 11 is 6.63. The number of hydrogen-bond donors (Lipinski definition) is 0. The molecule has 0 unspecified atom stereocenters. The molecule has 0 atom stereocenters.